The molecule has 0 spiro atoms. The van der Waals surface area contributed by atoms with Gasteiger partial charge in [-0.3, -0.25) is 4.79 Å². The first-order valence-corrected chi connectivity index (χ1v) is 8.44. The third kappa shape index (κ3) is 3.95. The van der Waals surface area contributed by atoms with Crippen LogP contribution in [-0.4, -0.2) is 24.0 Å². The van der Waals surface area contributed by atoms with E-state index in [2.05, 4.69) is 10.3 Å². The molecule has 2 aromatic carbocycles. The van der Waals surface area contributed by atoms with E-state index in [0.717, 1.165) is 28.5 Å². The average Bonchev–Trinajstić information content (AvgIpc) is 3.00. The average molecular weight is 358 g/mol. The van der Waals surface area contributed by atoms with Crippen LogP contribution in [0.3, 0.4) is 0 Å². The molecule has 5 nitrogen and oxygen atoms in total. The van der Waals surface area contributed by atoms with Crippen molar-refractivity contribution in [3.8, 4) is 5.75 Å². The van der Waals surface area contributed by atoms with E-state index in [0.29, 0.717) is 23.0 Å². The van der Waals surface area contributed by atoms with Crippen LogP contribution in [0.1, 0.15) is 11.1 Å². The molecule has 0 radical (unpaired) electrons. The molecule has 1 aromatic heterocycles. The zero-order valence-corrected chi connectivity index (χ0v) is 14.7. The lowest BCUT2D eigenvalue weighted by Crippen LogP contribution is -2.20. The highest BCUT2D eigenvalue weighted by molar-refractivity contribution is 6.31. The largest absolute Gasteiger partial charge is 0.483 e. The predicted molar refractivity (Wildman–Crippen MR) is 101 cm³/mol. The smallest absolute Gasteiger partial charge is 0.262 e. The monoisotopic (exact) mass is 357 g/mol. The van der Waals surface area contributed by atoms with Gasteiger partial charge in [-0.15, -0.1) is 0 Å². The number of nitrogens with two attached hydrogens (primary N) is 1. The van der Waals surface area contributed by atoms with Crippen molar-refractivity contribution >= 4 is 34.1 Å². The van der Waals surface area contributed by atoms with Gasteiger partial charge in [0.05, 0.1) is 0 Å². The number of nitrogens with one attached hydrogen (secondary N) is 2. The van der Waals surface area contributed by atoms with Crippen LogP contribution in [0.2, 0.25) is 5.02 Å². The van der Waals surface area contributed by atoms with Gasteiger partial charge in [-0.2, -0.15) is 0 Å². The maximum atomic E-state index is 12.2. The first-order chi connectivity index (χ1) is 12.1. The Kier molecular flexibility index (Phi) is 5.26. The predicted octanol–water partition coefficient (Wildman–Crippen LogP) is 3.65. The number of carbonyl (C=O) groups is 1. The summed E-state index contributed by atoms with van der Waals surface area (Å²) in [6.07, 6.45) is 2.67. The van der Waals surface area contributed by atoms with Crippen molar-refractivity contribution < 1.29 is 9.53 Å². The quantitative estimate of drug-likeness (QED) is 0.630. The Bertz CT molecular complexity index is 905. The molecule has 3 aromatic rings. The summed E-state index contributed by atoms with van der Waals surface area (Å²) in [6.45, 7) is 2.38. The lowest BCUT2D eigenvalue weighted by molar-refractivity contribution is -0.118. The lowest BCUT2D eigenvalue weighted by Gasteiger charge is -2.10. The number of hydrogen-bond acceptors (Lipinski definition) is 3. The molecule has 0 aliphatic rings. The minimum Gasteiger partial charge on any atom is -0.483 e. The van der Waals surface area contributed by atoms with Crippen molar-refractivity contribution in [1.82, 2.24) is 4.98 Å². The van der Waals surface area contributed by atoms with Crippen molar-refractivity contribution in [2.75, 3.05) is 18.5 Å². The van der Waals surface area contributed by atoms with Crippen molar-refractivity contribution in [2.24, 2.45) is 5.73 Å². The van der Waals surface area contributed by atoms with Crippen LogP contribution in [0.15, 0.2) is 42.6 Å². The molecule has 25 heavy (non-hydrogen) atoms. The summed E-state index contributed by atoms with van der Waals surface area (Å²) in [4.78, 5) is 15.4. The summed E-state index contributed by atoms with van der Waals surface area (Å²) < 4.78 is 5.75. The third-order valence-corrected chi connectivity index (χ3v) is 4.38. The molecular formula is C19H20ClN3O2. The van der Waals surface area contributed by atoms with Crippen molar-refractivity contribution in [1.29, 1.82) is 0 Å². The van der Waals surface area contributed by atoms with Gasteiger partial charge in [0, 0.05) is 27.8 Å². The Morgan fingerprint density at radius 3 is 2.92 bits per heavy atom. The summed E-state index contributed by atoms with van der Waals surface area (Å²) in [6, 6.07) is 11.1. The van der Waals surface area contributed by atoms with Gasteiger partial charge in [-0.1, -0.05) is 23.7 Å². The van der Waals surface area contributed by atoms with E-state index in [-0.39, 0.29) is 12.5 Å². The molecule has 1 heterocycles. The summed E-state index contributed by atoms with van der Waals surface area (Å²) >= 11 is 6.07. The van der Waals surface area contributed by atoms with Crippen LogP contribution in [0.5, 0.6) is 5.75 Å². The highest BCUT2D eigenvalue weighted by Crippen LogP contribution is 2.29. The maximum Gasteiger partial charge on any atom is 0.262 e. The topological polar surface area (TPSA) is 80.1 Å². The van der Waals surface area contributed by atoms with Crippen LogP contribution in [0.25, 0.3) is 10.9 Å². The normalized spacial score (nSPS) is 10.8. The van der Waals surface area contributed by atoms with Crippen molar-refractivity contribution in [3.05, 3.63) is 58.7 Å². The number of aromatic amines is 1. The molecule has 0 aliphatic heterocycles. The van der Waals surface area contributed by atoms with Gasteiger partial charge >= 0.3 is 0 Å². The van der Waals surface area contributed by atoms with E-state index >= 15 is 0 Å². The second kappa shape index (κ2) is 7.59. The number of carbonyl (C=O) groups excluding carboxylic acids is 1. The van der Waals surface area contributed by atoms with Crippen LogP contribution < -0.4 is 15.8 Å². The molecule has 1 amide bonds. The summed E-state index contributed by atoms with van der Waals surface area (Å²) in [7, 11) is 0. The highest BCUT2D eigenvalue weighted by Gasteiger charge is 2.11. The minimum absolute atomic E-state index is 0.0855. The van der Waals surface area contributed by atoms with Crippen molar-refractivity contribution in [2.45, 2.75) is 13.3 Å². The van der Waals surface area contributed by atoms with Gasteiger partial charge in [-0.25, -0.2) is 0 Å². The fourth-order valence-electron chi connectivity index (χ4n) is 2.70. The number of benzene rings is 2. The van der Waals surface area contributed by atoms with Gasteiger partial charge in [0.2, 0.25) is 0 Å². The van der Waals surface area contributed by atoms with Gasteiger partial charge in [0.25, 0.3) is 5.91 Å². The molecule has 4 N–H and O–H groups in total. The summed E-state index contributed by atoms with van der Waals surface area (Å²) in [5.74, 6) is 0.423. The van der Waals surface area contributed by atoms with E-state index in [1.807, 2.05) is 43.5 Å². The van der Waals surface area contributed by atoms with Crippen LogP contribution in [0.4, 0.5) is 5.69 Å². The Morgan fingerprint density at radius 2 is 2.16 bits per heavy atom. The maximum absolute atomic E-state index is 12.2. The van der Waals surface area contributed by atoms with Gasteiger partial charge in [0.1, 0.15) is 5.75 Å². The molecule has 0 aliphatic carbocycles. The van der Waals surface area contributed by atoms with Gasteiger partial charge in [-0.05, 0) is 55.3 Å². The molecule has 0 fully saturated rings. The molecule has 130 valence electrons. The molecule has 6 heteroatoms. The standard InChI is InChI=1S/C19H20ClN3O2/c1-12-5-6-14(9-15(12)20)23-18(24)11-25-17-4-2-3-16-19(17)13(7-8-21)10-22-16/h2-6,9-10,22H,7-8,11,21H2,1H3,(H,23,24). The number of amides is 1. The fourth-order valence-corrected chi connectivity index (χ4v) is 2.88. The third-order valence-electron chi connectivity index (χ3n) is 3.98. The molecule has 0 bridgehead atoms. The van der Waals surface area contributed by atoms with Gasteiger partial charge < -0.3 is 20.8 Å². The number of H-pyrrole nitrogens is 1. The number of aromatic nitrogens is 1. The van der Waals surface area contributed by atoms with E-state index in [4.69, 9.17) is 22.1 Å². The molecule has 0 atom stereocenters. The number of anilines is 1. The van der Waals surface area contributed by atoms with E-state index in [9.17, 15) is 4.79 Å². The second-order valence-electron chi connectivity index (χ2n) is 5.83. The SMILES string of the molecule is Cc1ccc(NC(=O)COc2cccc3[nH]cc(CCN)c23)cc1Cl. The molecule has 0 saturated carbocycles. The van der Waals surface area contributed by atoms with Crippen LogP contribution >= 0.6 is 11.6 Å². The van der Waals surface area contributed by atoms with E-state index < -0.39 is 0 Å². The first kappa shape index (κ1) is 17.3. The fraction of sp³-hybridized carbons (Fsp3) is 0.211. The zero-order chi connectivity index (χ0) is 17.8. The highest BCUT2D eigenvalue weighted by atomic mass is 35.5. The second-order valence-corrected chi connectivity index (χ2v) is 6.24. The molecule has 0 unspecified atom stereocenters. The Morgan fingerprint density at radius 1 is 1.32 bits per heavy atom. The number of aryl methyl sites for hydroxylation is 1. The Labute approximate surface area is 151 Å². The van der Waals surface area contributed by atoms with Crippen LogP contribution in [0, 0.1) is 6.92 Å². The Balaban J connectivity index is 1.70. The molecule has 3 rings (SSSR count). The van der Waals surface area contributed by atoms with Crippen molar-refractivity contribution in [3.63, 3.8) is 0 Å². The van der Waals surface area contributed by atoms with E-state index in [1.54, 1.807) is 6.07 Å². The Hall–Kier alpha value is -2.50. The number of ether oxygens (including phenoxy) is 1. The lowest BCUT2D eigenvalue weighted by atomic mass is 10.1. The zero-order valence-electron chi connectivity index (χ0n) is 13.9. The van der Waals surface area contributed by atoms with Gasteiger partial charge in [0.15, 0.2) is 6.61 Å². The first-order valence-electron chi connectivity index (χ1n) is 8.06. The molecule has 0 saturated heterocycles. The molecular weight excluding hydrogens is 338 g/mol. The summed E-state index contributed by atoms with van der Waals surface area (Å²) in [5, 5.41) is 4.37. The number of rotatable bonds is 6. The summed E-state index contributed by atoms with van der Waals surface area (Å²) in [5.41, 5.74) is 9.32. The number of hydrogen-bond donors (Lipinski definition) is 3. The number of halogens is 1. The van der Waals surface area contributed by atoms with Crippen LogP contribution in [-0.2, 0) is 11.2 Å². The number of fused-ring (bicyclic) bond motifs is 1. The minimum atomic E-state index is -0.243. The van der Waals surface area contributed by atoms with E-state index in [1.165, 1.54) is 0 Å².